The highest BCUT2D eigenvalue weighted by Crippen LogP contribution is 2.34. The molecule has 0 saturated carbocycles. The lowest BCUT2D eigenvalue weighted by molar-refractivity contribution is -0.157. The number of amides is 1. The fourth-order valence-corrected chi connectivity index (χ4v) is 3.08. The second-order valence-electron chi connectivity index (χ2n) is 5.55. The number of carboxylic acids is 1. The molecule has 0 aromatic carbocycles. The van der Waals surface area contributed by atoms with Crippen LogP contribution in [0.2, 0.25) is 0 Å². The second kappa shape index (κ2) is 7.51. The van der Waals surface area contributed by atoms with Gasteiger partial charge in [-0.05, 0) is 25.7 Å². The Labute approximate surface area is 116 Å². The highest BCUT2D eigenvalue weighted by molar-refractivity contribution is 5.87. The van der Waals surface area contributed by atoms with E-state index in [0.29, 0.717) is 25.8 Å². The molecule has 4 heteroatoms. The molecule has 1 amide bonds. The Kier molecular flexibility index (Phi) is 6.32. The van der Waals surface area contributed by atoms with Crippen LogP contribution in [0.25, 0.3) is 0 Å². The van der Waals surface area contributed by atoms with Gasteiger partial charge in [0.2, 0.25) is 5.91 Å². The van der Waals surface area contributed by atoms with Crippen LogP contribution >= 0.6 is 0 Å². The Morgan fingerprint density at radius 1 is 1.16 bits per heavy atom. The smallest absolute Gasteiger partial charge is 0.329 e. The zero-order valence-electron chi connectivity index (χ0n) is 12.3. The van der Waals surface area contributed by atoms with Gasteiger partial charge < -0.3 is 10.0 Å². The van der Waals surface area contributed by atoms with Gasteiger partial charge in [0.25, 0.3) is 0 Å². The van der Waals surface area contributed by atoms with E-state index in [9.17, 15) is 14.7 Å². The minimum absolute atomic E-state index is 0.0319. The zero-order valence-corrected chi connectivity index (χ0v) is 12.3. The van der Waals surface area contributed by atoms with E-state index in [4.69, 9.17) is 0 Å². The maximum atomic E-state index is 12.3. The predicted octanol–water partition coefficient (Wildman–Crippen LogP) is 3.20. The lowest BCUT2D eigenvalue weighted by atomic mass is 9.90. The van der Waals surface area contributed by atoms with Gasteiger partial charge >= 0.3 is 5.97 Å². The van der Waals surface area contributed by atoms with Crippen LogP contribution < -0.4 is 0 Å². The van der Waals surface area contributed by atoms with E-state index in [-0.39, 0.29) is 5.91 Å². The van der Waals surface area contributed by atoms with E-state index in [0.717, 1.165) is 38.5 Å². The van der Waals surface area contributed by atoms with Gasteiger partial charge in [-0.3, -0.25) is 4.79 Å². The molecule has 0 aromatic rings. The molecule has 1 aliphatic rings. The summed E-state index contributed by atoms with van der Waals surface area (Å²) in [5.41, 5.74) is -0.920. The van der Waals surface area contributed by atoms with Crippen molar-refractivity contribution in [2.45, 2.75) is 77.2 Å². The molecule has 1 rings (SSSR count). The lowest BCUT2D eigenvalue weighted by Gasteiger charge is -2.34. The fraction of sp³-hybridized carbons (Fsp3) is 0.867. The molecule has 0 aliphatic carbocycles. The molecule has 1 saturated heterocycles. The molecule has 19 heavy (non-hydrogen) atoms. The Morgan fingerprint density at radius 2 is 1.89 bits per heavy atom. The molecule has 1 heterocycles. The summed E-state index contributed by atoms with van der Waals surface area (Å²) in [6.45, 7) is 4.73. The number of hydrogen-bond acceptors (Lipinski definition) is 2. The van der Waals surface area contributed by atoms with Gasteiger partial charge in [0.1, 0.15) is 5.54 Å². The quantitative estimate of drug-likeness (QED) is 0.688. The van der Waals surface area contributed by atoms with Crippen molar-refractivity contribution in [2.75, 3.05) is 6.54 Å². The molecule has 0 aromatic heterocycles. The van der Waals surface area contributed by atoms with Crippen molar-refractivity contribution in [3.63, 3.8) is 0 Å². The van der Waals surface area contributed by atoms with E-state index in [1.54, 1.807) is 4.90 Å². The summed E-state index contributed by atoms with van der Waals surface area (Å²) in [6, 6.07) is 0. The number of nitrogens with zero attached hydrogens (tertiary/aromatic N) is 1. The summed E-state index contributed by atoms with van der Waals surface area (Å²) in [5, 5.41) is 9.53. The Morgan fingerprint density at radius 3 is 2.47 bits per heavy atom. The van der Waals surface area contributed by atoms with Crippen molar-refractivity contribution in [2.24, 2.45) is 0 Å². The minimum atomic E-state index is -0.920. The van der Waals surface area contributed by atoms with Crippen LogP contribution in [0.1, 0.15) is 71.6 Å². The summed E-state index contributed by atoms with van der Waals surface area (Å²) in [5.74, 6) is -0.793. The van der Waals surface area contributed by atoms with Crippen LogP contribution in [0.5, 0.6) is 0 Å². The van der Waals surface area contributed by atoms with Gasteiger partial charge in [0.15, 0.2) is 0 Å². The van der Waals surface area contributed by atoms with Gasteiger partial charge in [-0.1, -0.05) is 39.5 Å². The van der Waals surface area contributed by atoms with Gasteiger partial charge in [0.05, 0.1) is 0 Å². The van der Waals surface area contributed by atoms with Crippen LogP contribution in [0.3, 0.4) is 0 Å². The molecule has 1 aliphatic heterocycles. The molecule has 0 radical (unpaired) electrons. The van der Waals surface area contributed by atoms with E-state index >= 15 is 0 Å². The fourth-order valence-electron chi connectivity index (χ4n) is 3.08. The van der Waals surface area contributed by atoms with E-state index < -0.39 is 11.5 Å². The highest BCUT2D eigenvalue weighted by Gasteiger charge is 2.48. The third kappa shape index (κ3) is 3.71. The Balaban J connectivity index is 2.63. The first-order valence-electron chi connectivity index (χ1n) is 7.62. The van der Waals surface area contributed by atoms with Crippen LogP contribution in [-0.4, -0.2) is 34.0 Å². The van der Waals surface area contributed by atoms with Crippen molar-refractivity contribution in [1.29, 1.82) is 0 Å². The Bertz CT molecular complexity index is 317. The lowest BCUT2D eigenvalue weighted by Crippen LogP contribution is -2.53. The van der Waals surface area contributed by atoms with Crippen molar-refractivity contribution < 1.29 is 14.7 Å². The molecular formula is C15H27NO3. The van der Waals surface area contributed by atoms with Crippen LogP contribution in [-0.2, 0) is 9.59 Å². The SMILES string of the molecule is CCCCCCC(=O)N1CCCC1(CCC)C(=O)O. The topological polar surface area (TPSA) is 57.6 Å². The molecule has 110 valence electrons. The zero-order chi connectivity index (χ0) is 14.3. The molecular weight excluding hydrogens is 242 g/mol. The summed E-state index contributed by atoms with van der Waals surface area (Å²) in [7, 11) is 0. The van der Waals surface area contributed by atoms with Crippen molar-refractivity contribution in [3.05, 3.63) is 0 Å². The maximum Gasteiger partial charge on any atom is 0.329 e. The van der Waals surface area contributed by atoms with Crippen molar-refractivity contribution >= 4 is 11.9 Å². The summed E-state index contributed by atoms with van der Waals surface area (Å²) in [6.07, 6.45) is 7.52. The number of carbonyl (C=O) groups excluding carboxylic acids is 1. The number of unbranched alkanes of at least 4 members (excludes halogenated alkanes) is 3. The Hall–Kier alpha value is -1.06. The maximum absolute atomic E-state index is 12.3. The number of likely N-dealkylation sites (tertiary alicyclic amines) is 1. The molecule has 1 unspecified atom stereocenters. The monoisotopic (exact) mass is 269 g/mol. The standard InChI is InChI=1S/C15H27NO3/c1-3-5-6-7-9-13(17)16-12-8-11-15(16,10-4-2)14(18)19/h3-12H2,1-2H3,(H,18,19). The second-order valence-corrected chi connectivity index (χ2v) is 5.55. The van der Waals surface area contributed by atoms with Gasteiger partial charge in [-0.25, -0.2) is 4.79 Å². The minimum Gasteiger partial charge on any atom is -0.479 e. The number of carboxylic acid groups (broad SMARTS) is 1. The first-order chi connectivity index (χ1) is 9.08. The summed E-state index contributed by atoms with van der Waals surface area (Å²) < 4.78 is 0. The van der Waals surface area contributed by atoms with Crippen molar-refractivity contribution in [1.82, 2.24) is 4.90 Å². The van der Waals surface area contributed by atoms with Gasteiger partial charge in [-0.2, -0.15) is 0 Å². The highest BCUT2D eigenvalue weighted by atomic mass is 16.4. The summed E-state index contributed by atoms with van der Waals surface area (Å²) >= 11 is 0. The van der Waals surface area contributed by atoms with E-state index in [1.165, 1.54) is 0 Å². The average molecular weight is 269 g/mol. The average Bonchev–Trinajstić information content (AvgIpc) is 2.80. The number of carbonyl (C=O) groups is 2. The molecule has 0 spiro atoms. The molecule has 1 fully saturated rings. The predicted molar refractivity (Wildman–Crippen MR) is 75.0 cm³/mol. The molecule has 0 bridgehead atoms. The van der Waals surface area contributed by atoms with Crippen molar-refractivity contribution in [3.8, 4) is 0 Å². The van der Waals surface area contributed by atoms with Crippen LogP contribution in [0.4, 0.5) is 0 Å². The van der Waals surface area contributed by atoms with E-state index in [1.807, 2.05) is 6.92 Å². The number of hydrogen-bond donors (Lipinski definition) is 1. The molecule has 4 nitrogen and oxygen atoms in total. The molecule has 1 N–H and O–H groups in total. The largest absolute Gasteiger partial charge is 0.479 e. The summed E-state index contributed by atoms with van der Waals surface area (Å²) in [4.78, 5) is 25.5. The first kappa shape index (κ1) is 16.0. The third-order valence-electron chi connectivity index (χ3n) is 4.10. The molecule has 1 atom stereocenters. The number of aliphatic carboxylic acids is 1. The third-order valence-corrected chi connectivity index (χ3v) is 4.10. The normalized spacial score (nSPS) is 22.7. The van der Waals surface area contributed by atoms with Gasteiger partial charge in [-0.15, -0.1) is 0 Å². The van der Waals surface area contributed by atoms with E-state index in [2.05, 4.69) is 6.92 Å². The number of rotatable bonds is 8. The first-order valence-corrected chi connectivity index (χ1v) is 7.62. The van der Waals surface area contributed by atoms with Gasteiger partial charge in [0, 0.05) is 13.0 Å². The van der Waals surface area contributed by atoms with Crippen LogP contribution in [0.15, 0.2) is 0 Å². The van der Waals surface area contributed by atoms with Crippen LogP contribution in [0, 0.1) is 0 Å².